The van der Waals surface area contributed by atoms with Crippen LogP contribution in [0, 0.1) is 6.92 Å². The molecule has 1 aromatic carbocycles. The lowest BCUT2D eigenvalue weighted by atomic mass is 10.1. The molecule has 1 atom stereocenters. The number of methoxy groups -OCH3 is 1. The number of alkyl halides is 1. The maximum absolute atomic E-state index is 11.6. The number of rotatable bonds is 7. The molecule has 0 spiro atoms. The summed E-state index contributed by atoms with van der Waals surface area (Å²) in [6, 6.07) is 8.25. The first-order valence-corrected chi connectivity index (χ1v) is 6.98. The molecule has 0 saturated heterocycles. The summed E-state index contributed by atoms with van der Waals surface area (Å²) in [7, 11) is 1.65. The van der Waals surface area contributed by atoms with E-state index in [0.717, 1.165) is 6.42 Å². The van der Waals surface area contributed by atoms with Gasteiger partial charge in [-0.3, -0.25) is 4.79 Å². The fraction of sp³-hybridized carbons (Fsp3) is 0.500. The van der Waals surface area contributed by atoms with Gasteiger partial charge < -0.3 is 10.1 Å². The van der Waals surface area contributed by atoms with E-state index in [-0.39, 0.29) is 10.7 Å². The Hall–Kier alpha value is -0.870. The molecule has 0 heterocycles. The topological polar surface area (TPSA) is 38.3 Å². The molecule has 1 N–H and O–H groups in total. The molecule has 0 fully saturated rings. The van der Waals surface area contributed by atoms with Gasteiger partial charge in [0.05, 0.1) is 11.4 Å². The summed E-state index contributed by atoms with van der Waals surface area (Å²) < 4.78 is 4.98. The number of aryl methyl sites for hydroxylation is 2. The number of nitrogens with one attached hydrogen (secondary N) is 1. The fourth-order valence-corrected chi connectivity index (χ4v) is 2.10. The van der Waals surface area contributed by atoms with E-state index < -0.39 is 0 Å². The van der Waals surface area contributed by atoms with Crippen molar-refractivity contribution in [3.8, 4) is 0 Å². The minimum atomic E-state index is 0.0806. The van der Waals surface area contributed by atoms with Crippen LogP contribution < -0.4 is 5.32 Å². The fourth-order valence-electron chi connectivity index (χ4n) is 1.68. The number of carbonyl (C=O) groups excluding carboxylic acids is 1. The van der Waals surface area contributed by atoms with E-state index in [0.29, 0.717) is 19.6 Å². The molecule has 0 aliphatic rings. The zero-order valence-corrected chi connectivity index (χ0v) is 12.5. The molecule has 3 nitrogen and oxygen atoms in total. The molecule has 0 aliphatic carbocycles. The molecule has 100 valence electrons. The van der Waals surface area contributed by atoms with Crippen LogP contribution in [-0.2, 0) is 16.0 Å². The third-order valence-corrected chi connectivity index (χ3v) is 3.18. The van der Waals surface area contributed by atoms with Crippen molar-refractivity contribution >= 4 is 21.8 Å². The minimum absolute atomic E-state index is 0.0806. The van der Waals surface area contributed by atoms with Gasteiger partial charge in [-0.2, -0.15) is 0 Å². The molecule has 0 bridgehead atoms. The Balaban J connectivity index is 2.25. The lowest BCUT2D eigenvalue weighted by molar-refractivity contribution is -0.121. The van der Waals surface area contributed by atoms with Gasteiger partial charge in [-0.05, 0) is 18.9 Å². The number of hydrogen-bond acceptors (Lipinski definition) is 2. The normalized spacial score (nSPS) is 12.2. The summed E-state index contributed by atoms with van der Waals surface area (Å²) in [6.45, 7) is 3.25. The van der Waals surface area contributed by atoms with Gasteiger partial charge in [-0.1, -0.05) is 45.8 Å². The Morgan fingerprint density at radius 1 is 1.50 bits per heavy atom. The average molecular weight is 314 g/mol. The molecular weight excluding hydrogens is 294 g/mol. The Morgan fingerprint density at radius 3 is 2.94 bits per heavy atom. The molecule has 0 aromatic heterocycles. The zero-order chi connectivity index (χ0) is 13.4. The highest BCUT2D eigenvalue weighted by Crippen LogP contribution is 2.06. The number of halogens is 1. The largest absolute Gasteiger partial charge is 0.383 e. The summed E-state index contributed by atoms with van der Waals surface area (Å²) in [5.41, 5.74) is 2.44. The van der Waals surface area contributed by atoms with E-state index in [1.165, 1.54) is 11.1 Å². The number of carbonyl (C=O) groups is 1. The van der Waals surface area contributed by atoms with Crippen molar-refractivity contribution in [2.45, 2.75) is 24.6 Å². The zero-order valence-electron chi connectivity index (χ0n) is 10.9. The standard InChI is InChI=1S/C14H20BrNO2/c1-11-4-3-5-12(8-11)6-7-14(17)16-9-13(15)10-18-2/h3-5,8,13H,6-7,9-10H2,1-2H3,(H,16,17). The summed E-state index contributed by atoms with van der Waals surface area (Å²) in [4.78, 5) is 11.8. The molecule has 4 heteroatoms. The van der Waals surface area contributed by atoms with Crippen LogP contribution in [0.15, 0.2) is 24.3 Å². The average Bonchev–Trinajstić information content (AvgIpc) is 2.34. The van der Waals surface area contributed by atoms with Crippen LogP contribution >= 0.6 is 15.9 Å². The first-order valence-electron chi connectivity index (χ1n) is 6.07. The summed E-state index contributed by atoms with van der Waals surface area (Å²) in [5.74, 6) is 0.0806. The predicted octanol–water partition coefficient (Wildman–Crippen LogP) is 2.45. The van der Waals surface area contributed by atoms with Crippen LogP contribution in [0.25, 0.3) is 0 Å². The first kappa shape index (κ1) is 15.2. The van der Waals surface area contributed by atoms with Gasteiger partial charge in [0, 0.05) is 20.1 Å². The van der Waals surface area contributed by atoms with Crippen LogP contribution in [0.2, 0.25) is 0 Å². The number of amides is 1. The second kappa shape index (κ2) is 8.27. The van der Waals surface area contributed by atoms with Crippen molar-refractivity contribution in [2.75, 3.05) is 20.3 Å². The molecule has 1 rings (SSSR count). The third-order valence-electron chi connectivity index (χ3n) is 2.59. The number of hydrogen-bond donors (Lipinski definition) is 1. The van der Waals surface area contributed by atoms with Gasteiger partial charge in [0.2, 0.25) is 5.91 Å². The molecule has 0 saturated carbocycles. The van der Waals surface area contributed by atoms with Crippen LogP contribution in [-0.4, -0.2) is 31.0 Å². The van der Waals surface area contributed by atoms with Crippen molar-refractivity contribution < 1.29 is 9.53 Å². The van der Waals surface area contributed by atoms with E-state index in [1.54, 1.807) is 7.11 Å². The van der Waals surface area contributed by atoms with Crippen molar-refractivity contribution in [1.82, 2.24) is 5.32 Å². The molecule has 1 amide bonds. The highest BCUT2D eigenvalue weighted by molar-refractivity contribution is 9.09. The molecular formula is C14H20BrNO2. The second-order valence-electron chi connectivity index (χ2n) is 4.35. The van der Waals surface area contributed by atoms with Crippen LogP contribution in [0.1, 0.15) is 17.5 Å². The molecule has 1 aromatic rings. The monoisotopic (exact) mass is 313 g/mol. The third kappa shape index (κ3) is 6.17. The minimum Gasteiger partial charge on any atom is -0.383 e. The van der Waals surface area contributed by atoms with Gasteiger partial charge in [-0.25, -0.2) is 0 Å². The number of benzene rings is 1. The van der Waals surface area contributed by atoms with Crippen molar-refractivity contribution in [3.63, 3.8) is 0 Å². The summed E-state index contributed by atoms with van der Waals surface area (Å²) in [5, 5.41) is 2.89. The Labute approximate surface area is 117 Å². The Bertz CT molecular complexity index is 382. The highest BCUT2D eigenvalue weighted by atomic mass is 79.9. The lowest BCUT2D eigenvalue weighted by Crippen LogP contribution is -2.31. The van der Waals surface area contributed by atoms with E-state index in [4.69, 9.17) is 4.74 Å². The van der Waals surface area contributed by atoms with Gasteiger partial charge in [0.1, 0.15) is 0 Å². The van der Waals surface area contributed by atoms with Crippen molar-refractivity contribution in [3.05, 3.63) is 35.4 Å². The van der Waals surface area contributed by atoms with Crippen molar-refractivity contribution in [2.24, 2.45) is 0 Å². The van der Waals surface area contributed by atoms with Crippen LogP contribution in [0.5, 0.6) is 0 Å². The predicted molar refractivity (Wildman–Crippen MR) is 77.1 cm³/mol. The SMILES string of the molecule is COCC(Br)CNC(=O)CCc1cccc(C)c1. The smallest absolute Gasteiger partial charge is 0.220 e. The van der Waals surface area contributed by atoms with Gasteiger partial charge >= 0.3 is 0 Å². The summed E-state index contributed by atoms with van der Waals surface area (Å²) >= 11 is 3.43. The van der Waals surface area contributed by atoms with Gasteiger partial charge in [-0.15, -0.1) is 0 Å². The van der Waals surface area contributed by atoms with E-state index in [9.17, 15) is 4.79 Å². The Morgan fingerprint density at radius 2 is 2.28 bits per heavy atom. The van der Waals surface area contributed by atoms with E-state index in [1.807, 2.05) is 6.07 Å². The molecule has 1 unspecified atom stereocenters. The first-order chi connectivity index (χ1) is 8.61. The maximum Gasteiger partial charge on any atom is 0.220 e. The summed E-state index contributed by atoms with van der Waals surface area (Å²) in [6.07, 6.45) is 1.31. The van der Waals surface area contributed by atoms with E-state index >= 15 is 0 Å². The van der Waals surface area contributed by atoms with Crippen LogP contribution in [0.4, 0.5) is 0 Å². The number of ether oxygens (including phenoxy) is 1. The molecule has 0 radical (unpaired) electrons. The van der Waals surface area contributed by atoms with E-state index in [2.05, 4.69) is 46.4 Å². The highest BCUT2D eigenvalue weighted by Gasteiger charge is 2.06. The quantitative estimate of drug-likeness (QED) is 0.785. The molecule has 0 aliphatic heterocycles. The lowest BCUT2D eigenvalue weighted by Gasteiger charge is -2.10. The van der Waals surface area contributed by atoms with Gasteiger partial charge in [0.15, 0.2) is 0 Å². The second-order valence-corrected chi connectivity index (χ2v) is 5.64. The Kier molecular flexibility index (Phi) is 6.98. The maximum atomic E-state index is 11.6. The molecule has 18 heavy (non-hydrogen) atoms. The van der Waals surface area contributed by atoms with Gasteiger partial charge in [0.25, 0.3) is 0 Å². The van der Waals surface area contributed by atoms with Crippen molar-refractivity contribution in [1.29, 1.82) is 0 Å². The van der Waals surface area contributed by atoms with Crippen LogP contribution in [0.3, 0.4) is 0 Å².